The Labute approximate surface area is 254 Å². The molecule has 5 aromatic rings. The Morgan fingerprint density at radius 3 is 2.05 bits per heavy atom. The van der Waals surface area contributed by atoms with Gasteiger partial charge in [0.05, 0.1) is 17.1 Å². The van der Waals surface area contributed by atoms with Gasteiger partial charge in [-0.3, -0.25) is 4.57 Å². The van der Waals surface area contributed by atoms with Gasteiger partial charge in [0, 0.05) is 52.2 Å². The van der Waals surface area contributed by atoms with Crippen molar-refractivity contribution in [2.45, 2.75) is 95.4 Å². The highest BCUT2D eigenvalue weighted by Gasteiger charge is 2.49. The normalized spacial score (nSPS) is 24.7. The third kappa shape index (κ3) is 3.62. The molecule has 4 nitrogen and oxygen atoms in total. The summed E-state index contributed by atoms with van der Waals surface area (Å²) in [4.78, 5) is 10.8. The number of fused-ring (bicyclic) bond motifs is 10. The van der Waals surface area contributed by atoms with Crippen LogP contribution in [-0.2, 0) is 0 Å². The van der Waals surface area contributed by atoms with Crippen LogP contribution in [0.25, 0.3) is 28.5 Å². The Kier molecular flexibility index (Phi) is 5.52. The van der Waals surface area contributed by atoms with Gasteiger partial charge in [-0.25, -0.2) is 9.97 Å². The van der Waals surface area contributed by atoms with Crippen molar-refractivity contribution in [1.82, 2.24) is 19.1 Å². The lowest BCUT2D eigenvalue weighted by Crippen LogP contribution is -2.13. The molecule has 216 valence electrons. The first-order valence-electron chi connectivity index (χ1n) is 16.4. The summed E-state index contributed by atoms with van der Waals surface area (Å²) in [5.74, 6) is 5.19. The number of hydrogen-bond donors (Lipinski definition) is 0. The summed E-state index contributed by atoms with van der Waals surface area (Å²) >= 11 is 0. The molecule has 9 rings (SSSR count). The van der Waals surface area contributed by atoms with E-state index in [9.17, 15) is 0 Å². The van der Waals surface area contributed by atoms with Crippen molar-refractivity contribution < 1.29 is 0 Å². The summed E-state index contributed by atoms with van der Waals surface area (Å²) in [5, 5.41) is 0. The highest BCUT2D eigenvalue weighted by Crippen LogP contribution is 2.61. The van der Waals surface area contributed by atoms with E-state index in [0.717, 1.165) is 11.6 Å². The van der Waals surface area contributed by atoms with Crippen molar-refractivity contribution in [3.63, 3.8) is 0 Å². The summed E-state index contributed by atoms with van der Waals surface area (Å²) in [5.41, 5.74) is 13.6. The molecule has 0 amide bonds. The Bertz CT molecular complexity index is 1850. The van der Waals surface area contributed by atoms with Crippen molar-refractivity contribution in [3.05, 3.63) is 112 Å². The molecule has 4 heteroatoms. The van der Waals surface area contributed by atoms with Gasteiger partial charge in [-0.1, -0.05) is 72.8 Å². The minimum absolute atomic E-state index is 0.404. The van der Waals surface area contributed by atoms with Gasteiger partial charge < -0.3 is 4.57 Å². The molecule has 0 N–H and O–H groups in total. The van der Waals surface area contributed by atoms with E-state index in [1.807, 2.05) is 0 Å². The van der Waals surface area contributed by atoms with E-state index in [-0.39, 0.29) is 0 Å². The number of hydrogen-bond acceptors (Lipinski definition) is 2. The second-order valence-corrected chi connectivity index (χ2v) is 14.0. The van der Waals surface area contributed by atoms with Crippen LogP contribution >= 0.6 is 0 Å². The third-order valence-corrected chi connectivity index (χ3v) is 11.2. The van der Waals surface area contributed by atoms with Gasteiger partial charge >= 0.3 is 0 Å². The van der Waals surface area contributed by atoms with Gasteiger partial charge in [-0.05, 0) is 82.4 Å². The number of para-hydroxylation sites is 1. The van der Waals surface area contributed by atoms with Gasteiger partial charge in [0.2, 0.25) is 0 Å². The van der Waals surface area contributed by atoms with E-state index >= 15 is 0 Å². The largest absolute Gasteiger partial charge is 0.325 e. The van der Waals surface area contributed by atoms with E-state index in [4.69, 9.17) is 9.97 Å². The minimum atomic E-state index is 0.404. The Hall–Kier alpha value is -3.92. The molecule has 43 heavy (non-hydrogen) atoms. The standard InChI is InChI=1S/C39H40N4/c1-22(2)42-37-30-20-31(32(21-30)34(37)41-38(42)26-11-6-5-7-12-26)25-13-15-27(16-14-25)39-40-33-28-17-18-29(19-28)36(33)43(39)35-23(3)9-8-10-24(35)4/h5-16,22,28-32H,17-21H2,1-4H3. The summed E-state index contributed by atoms with van der Waals surface area (Å²) in [7, 11) is 0. The summed E-state index contributed by atoms with van der Waals surface area (Å²) < 4.78 is 5.08. The average Bonchev–Trinajstić information content (AvgIpc) is 3.85. The molecule has 2 saturated carbocycles. The maximum absolute atomic E-state index is 5.41. The van der Waals surface area contributed by atoms with Gasteiger partial charge in [-0.15, -0.1) is 0 Å². The molecule has 0 saturated heterocycles. The summed E-state index contributed by atoms with van der Waals surface area (Å²) in [6.45, 7) is 9.12. The molecule has 3 aromatic carbocycles. The fourth-order valence-electron chi connectivity index (χ4n) is 9.46. The third-order valence-electron chi connectivity index (χ3n) is 11.2. The van der Waals surface area contributed by atoms with Crippen LogP contribution in [0.15, 0.2) is 72.8 Å². The van der Waals surface area contributed by atoms with Crippen LogP contribution in [0.3, 0.4) is 0 Å². The highest BCUT2D eigenvalue weighted by atomic mass is 15.1. The number of rotatable bonds is 5. The van der Waals surface area contributed by atoms with Crippen LogP contribution in [-0.4, -0.2) is 19.1 Å². The molecule has 5 unspecified atom stereocenters. The molecule has 4 aliphatic carbocycles. The first kappa shape index (κ1) is 25.6. The topological polar surface area (TPSA) is 35.6 Å². The SMILES string of the molecule is Cc1cccc(C)c1-n1c(-c2ccc(C3CC4CC3c3nc(-c5ccccc5)n(C(C)C)c34)cc2)nc2c1C1CCC2C1. The minimum Gasteiger partial charge on any atom is -0.325 e. The number of aromatic nitrogens is 4. The van der Waals surface area contributed by atoms with E-state index in [1.165, 1.54) is 88.4 Å². The predicted octanol–water partition coefficient (Wildman–Crippen LogP) is 9.72. The van der Waals surface area contributed by atoms with Crippen molar-refractivity contribution >= 4 is 0 Å². The maximum Gasteiger partial charge on any atom is 0.145 e. The van der Waals surface area contributed by atoms with Crippen molar-refractivity contribution in [1.29, 1.82) is 0 Å². The first-order chi connectivity index (χ1) is 21.0. The number of nitrogens with zero attached hydrogens (tertiary/aromatic N) is 4. The van der Waals surface area contributed by atoms with Crippen LogP contribution in [0.1, 0.15) is 121 Å². The molecule has 0 aliphatic heterocycles. The predicted molar refractivity (Wildman–Crippen MR) is 173 cm³/mol. The lowest BCUT2D eigenvalue weighted by Gasteiger charge is -2.24. The lowest BCUT2D eigenvalue weighted by molar-refractivity contribution is 0.534. The number of aryl methyl sites for hydroxylation is 2. The molecule has 4 bridgehead atoms. The first-order valence-corrected chi connectivity index (χ1v) is 16.4. The van der Waals surface area contributed by atoms with Crippen molar-refractivity contribution in [2.24, 2.45) is 0 Å². The number of imidazole rings is 2. The van der Waals surface area contributed by atoms with Crippen LogP contribution in [0.4, 0.5) is 0 Å². The number of benzene rings is 3. The van der Waals surface area contributed by atoms with Gasteiger partial charge in [0.25, 0.3) is 0 Å². The fraction of sp³-hybridized carbons (Fsp3) is 0.385. The molecule has 2 heterocycles. The van der Waals surface area contributed by atoms with Crippen LogP contribution < -0.4 is 0 Å². The van der Waals surface area contributed by atoms with E-state index < -0.39 is 0 Å². The van der Waals surface area contributed by atoms with E-state index in [1.54, 1.807) is 0 Å². The Morgan fingerprint density at radius 2 is 1.30 bits per heavy atom. The zero-order valence-corrected chi connectivity index (χ0v) is 25.7. The second-order valence-electron chi connectivity index (χ2n) is 14.0. The van der Waals surface area contributed by atoms with Crippen LogP contribution in [0.2, 0.25) is 0 Å². The molecular weight excluding hydrogens is 524 g/mol. The molecular formula is C39H40N4. The molecule has 2 fully saturated rings. The monoisotopic (exact) mass is 564 g/mol. The fourth-order valence-corrected chi connectivity index (χ4v) is 9.46. The molecule has 0 radical (unpaired) electrons. The van der Waals surface area contributed by atoms with E-state index in [0.29, 0.717) is 35.6 Å². The molecule has 2 aromatic heterocycles. The molecule has 5 atom stereocenters. The zero-order chi connectivity index (χ0) is 29.0. The smallest absolute Gasteiger partial charge is 0.145 e. The van der Waals surface area contributed by atoms with Crippen molar-refractivity contribution in [2.75, 3.05) is 0 Å². The van der Waals surface area contributed by atoms with Gasteiger partial charge in [0.1, 0.15) is 11.6 Å². The second kappa shape index (κ2) is 9.29. The summed E-state index contributed by atoms with van der Waals surface area (Å²) in [6, 6.07) is 27.4. The van der Waals surface area contributed by atoms with Gasteiger partial charge in [0.15, 0.2) is 0 Å². The summed E-state index contributed by atoms with van der Waals surface area (Å²) in [6.07, 6.45) is 6.34. The zero-order valence-electron chi connectivity index (χ0n) is 25.7. The van der Waals surface area contributed by atoms with Gasteiger partial charge in [-0.2, -0.15) is 0 Å². The van der Waals surface area contributed by atoms with Crippen LogP contribution in [0.5, 0.6) is 0 Å². The molecule has 0 spiro atoms. The quantitative estimate of drug-likeness (QED) is 0.213. The van der Waals surface area contributed by atoms with Crippen LogP contribution in [0, 0.1) is 13.8 Å². The maximum atomic E-state index is 5.41. The Balaban J connectivity index is 1.09. The average molecular weight is 565 g/mol. The highest BCUT2D eigenvalue weighted by molar-refractivity contribution is 5.66. The molecule has 4 aliphatic rings. The lowest BCUT2D eigenvalue weighted by atomic mass is 9.83. The van der Waals surface area contributed by atoms with E-state index in [2.05, 4.69) is 110 Å². The van der Waals surface area contributed by atoms with Crippen molar-refractivity contribution in [3.8, 4) is 28.5 Å². The Morgan fingerprint density at radius 1 is 0.628 bits per heavy atom.